The van der Waals surface area contributed by atoms with Gasteiger partial charge in [0.1, 0.15) is 0 Å². The molecule has 1 amide bonds. The molecule has 0 saturated carbocycles. The van der Waals surface area contributed by atoms with Gasteiger partial charge in [-0.05, 0) is 48.9 Å². The minimum Gasteiger partial charge on any atom is -0.322 e. The van der Waals surface area contributed by atoms with E-state index in [1.54, 1.807) is 24.3 Å². The zero-order chi connectivity index (χ0) is 16.3. The number of carbonyl (C=O) groups excluding carboxylic acids is 1. The number of amides is 1. The van der Waals surface area contributed by atoms with Gasteiger partial charge in [0, 0.05) is 18.3 Å². The van der Waals surface area contributed by atoms with Crippen LogP contribution in [0.5, 0.6) is 0 Å². The summed E-state index contributed by atoms with van der Waals surface area (Å²) in [6.45, 7) is 1.95. The molecule has 2 aromatic rings. The molecular formula is C16H18N2O3S. The van der Waals surface area contributed by atoms with Gasteiger partial charge in [-0.25, -0.2) is 8.42 Å². The minimum absolute atomic E-state index is 0.237. The number of hydrogen-bond donors (Lipinski definition) is 1. The summed E-state index contributed by atoms with van der Waals surface area (Å²) >= 11 is 0. The molecule has 0 bridgehead atoms. The van der Waals surface area contributed by atoms with Crippen molar-refractivity contribution in [1.82, 2.24) is 0 Å². The van der Waals surface area contributed by atoms with Crippen molar-refractivity contribution in [2.24, 2.45) is 0 Å². The van der Waals surface area contributed by atoms with Gasteiger partial charge in [0.2, 0.25) is 10.0 Å². The van der Waals surface area contributed by atoms with Crippen LogP contribution in [0.15, 0.2) is 48.5 Å². The number of benzene rings is 2. The lowest BCUT2D eigenvalue weighted by Gasteiger charge is -2.16. The number of carbonyl (C=O) groups is 1. The Hall–Kier alpha value is -2.34. The molecular weight excluding hydrogens is 300 g/mol. The molecule has 0 aliphatic carbocycles. The number of aryl methyl sites for hydroxylation is 1. The van der Waals surface area contributed by atoms with Gasteiger partial charge in [-0.3, -0.25) is 9.10 Å². The molecule has 0 fully saturated rings. The van der Waals surface area contributed by atoms with Crippen molar-refractivity contribution in [2.75, 3.05) is 22.9 Å². The highest BCUT2D eigenvalue weighted by Gasteiger charge is 2.13. The lowest BCUT2D eigenvalue weighted by atomic mass is 10.1. The first-order valence-corrected chi connectivity index (χ1v) is 8.54. The second-order valence-corrected chi connectivity index (χ2v) is 7.11. The van der Waals surface area contributed by atoms with Gasteiger partial charge >= 0.3 is 0 Å². The summed E-state index contributed by atoms with van der Waals surface area (Å²) < 4.78 is 24.1. The summed E-state index contributed by atoms with van der Waals surface area (Å²) in [6, 6.07) is 13.9. The first-order valence-electron chi connectivity index (χ1n) is 6.69. The predicted octanol–water partition coefficient (Wildman–Crippen LogP) is 2.64. The number of nitrogens with zero attached hydrogens (tertiary/aromatic N) is 1. The van der Waals surface area contributed by atoms with Gasteiger partial charge in [0.15, 0.2) is 0 Å². The van der Waals surface area contributed by atoms with Crippen LogP contribution < -0.4 is 9.62 Å². The second kappa shape index (κ2) is 6.19. The van der Waals surface area contributed by atoms with E-state index in [0.29, 0.717) is 11.3 Å². The topological polar surface area (TPSA) is 66.5 Å². The van der Waals surface area contributed by atoms with E-state index in [4.69, 9.17) is 0 Å². The van der Waals surface area contributed by atoms with Crippen LogP contribution in [-0.2, 0) is 10.0 Å². The summed E-state index contributed by atoms with van der Waals surface area (Å²) in [5.41, 5.74) is 2.76. The van der Waals surface area contributed by atoms with E-state index in [2.05, 4.69) is 5.32 Å². The van der Waals surface area contributed by atoms with Crippen molar-refractivity contribution in [3.63, 3.8) is 0 Å². The summed E-state index contributed by atoms with van der Waals surface area (Å²) in [7, 11) is -1.84. The molecule has 0 atom stereocenters. The van der Waals surface area contributed by atoms with Gasteiger partial charge in [-0.15, -0.1) is 0 Å². The average molecular weight is 318 g/mol. The first kappa shape index (κ1) is 16.0. The molecule has 22 heavy (non-hydrogen) atoms. The summed E-state index contributed by atoms with van der Waals surface area (Å²) in [5.74, 6) is -0.237. The summed E-state index contributed by atoms with van der Waals surface area (Å²) in [4.78, 5) is 12.2. The Balaban J connectivity index is 2.15. The fourth-order valence-electron chi connectivity index (χ4n) is 1.94. The molecule has 0 radical (unpaired) electrons. The molecule has 1 N–H and O–H groups in total. The van der Waals surface area contributed by atoms with E-state index in [1.807, 2.05) is 31.2 Å². The van der Waals surface area contributed by atoms with E-state index in [9.17, 15) is 13.2 Å². The molecule has 0 heterocycles. The van der Waals surface area contributed by atoms with Crippen LogP contribution in [0.2, 0.25) is 0 Å². The van der Waals surface area contributed by atoms with Crippen LogP contribution in [0.3, 0.4) is 0 Å². The Morgan fingerprint density at radius 2 is 1.73 bits per heavy atom. The van der Waals surface area contributed by atoms with Gasteiger partial charge in [0.05, 0.1) is 11.9 Å². The smallest absolute Gasteiger partial charge is 0.255 e. The van der Waals surface area contributed by atoms with E-state index in [1.165, 1.54) is 7.05 Å². The summed E-state index contributed by atoms with van der Waals surface area (Å²) in [5, 5.41) is 2.81. The van der Waals surface area contributed by atoms with E-state index < -0.39 is 10.0 Å². The van der Waals surface area contributed by atoms with Crippen LogP contribution in [0.25, 0.3) is 0 Å². The fraction of sp³-hybridized carbons (Fsp3) is 0.188. The highest BCUT2D eigenvalue weighted by Crippen LogP contribution is 2.17. The van der Waals surface area contributed by atoms with E-state index >= 15 is 0 Å². The van der Waals surface area contributed by atoms with E-state index in [0.717, 1.165) is 21.8 Å². The highest BCUT2D eigenvalue weighted by atomic mass is 32.2. The van der Waals surface area contributed by atoms with Crippen molar-refractivity contribution in [3.8, 4) is 0 Å². The number of hydrogen-bond acceptors (Lipinski definition) is 3. The Morgan fingerprint density at radius 3 is 2.27 bits per heavy atom. The Bertz CT molecular complexity index is 783. The first-order chi connectivity index (χ1) is 10.3. The van der Waals surface area contributed by atoms with Crippen LogP contribution in [-0.4, -0.2) is 27.6 Å². The monoisotopic (exact) mass is 318 g/mol. The zero-order valence-corrected chi connectivity index (χ0v) is 13.5. The van der Waals surface area contributed by atoms with Crippen LogP contribution in [0.1, 0.15) is 15.9 Å². The lowest BCUT2D eigenvalue weighted by Crippen LogP contribution is -2.24. The van der Waals surface area contributed by atoms with Crippen molar-refractivity contribution in [1.29, 1.82) is 0 Å². The Labute approximate surface area is 130 Å². The molecule has 2 rings (SSSR count). The molecule has 0 unspecified atom stereocenters. The third-order valence-electron chi connectivity index (χ3n) is 3.27. The maximum Gasteiger partial charge on any atom is 0.255 e. The van der Waals surface area contributed by atoms with Crippen LogP contribution >= 0.6 is 0 Å². The maximum atomic E-state index is 12.2. The molecule has 6 heteroatoms. The number of nitrogens with one attached hydrogen (secondary N) is 1. The number of anilines is 2. The van der Waals surface area contributed by atoms with Gasteiger partial charge in [-0.2, -0.15) is 0 Å². The van der Waals surface area contributed by atoms with Gasteiger partial charge < -0.3 is 5.32 Å². The number of sulfonamides is 1. The lowest BCUT2D eigenvalue weighted by molar-refractivity contribution is 0.102. The fourth-order valence-corrected chi connectivity index (χ4v) is 2.44. The molecule has 0 aliphatic rings. The van der Waals surface area contributed by atoms with Crippen molar-refractivity contribution >= 4 is 27.3 Å². The molecule has 0 aliphatic heterocycles. The summed E-state index contributed by atoms with van der Waals surface area (Å²) in [6.07, 6.45) is 1.13. The largest absolute Gasteiger partial charge is 0.322 e. The normalized spacial score (nSPS) is 11.0. The third kappa shape index (κ3) is 3.85. The predicted molar refractivity (Wildman–Crippen MR) is 88.8 cm³/mol. The van der Waals surface area contributed by atoms with Crippen molar-refractivity contribution < 1.29 is 13.2 Å². The average Bonchev–Trinajstić information content (AvgIpc) is 2.45. The second-order valence-electron chi connectivity index (χ2n) is 5.10. The Morgan fingerprint density at radius 1 is 1.09 bits per heavy atom. The molecule has 0 saturated heterocycles. The molecule has 5 nitrogen and oxygen atoms in total. The quantitative estimate of drug-likeness (QED) is 0.942. The standard InChI is InChI=1S/C16H18N2O3S/c1-12-5-4-6-14(11-12)17-16(19)13-7-9-15(10-8-13)18(2)22(3,20)21/h4-11H,1-3H3,(H,17,19). The maximum absolute atomic E-state index is 12.2. The molecule has 0 spiro atoms. The molecule has 2 aromatic carbocycles. The van der Waals surface area contributed by atoms with Crippen LogP contribution in [0.4, 0.5) is 11.4 Å². The van der Waals surface area contributed by atoms with Crippen LogP contribution in [0, 0.1) is 6.92 Å². The molecule has 0 aromatic heterocycles. The van der Waals surface area contributed by atoms with Gasteiger partial charge in [0.25, 0.3) is 5.91 Å². The molecule has 116 valence electrons. The van der Waals surface area contributed by atoms with Crippen molar-refractivity contribution in [2.45, 2.75) is 6.92 Å². The Kier molecular flexibility index (Phi) is 4.51. The SMILES string of the molecule is Cc1cccc(NC(=O)c2ccc(N(C)S(C)(=O)=O)cc2)c1. The highest BCUT2D eigenvalue weighted by molar-refractivity contribution is 7.92. The third-order valence-corrected chi connectivity index (χ3v) is 4.47. The van der Waals surface area contributed by atoms with E-state index in [-0.39, 0.29) is 5.91 Å². The zero-order valence-electron chi connectivity index (χ0n) is 12.7. The number of rotatable bonds is 4. The van der Waals surface area contributed by atoms with Crippen molar-refractivity contribution in [3.05, 3.63) is 59.7 Å². The van der Waals surface area contributed by atoms with Gasteiger partial charge in [-0.1, -0.05) is 12.1 Å². The minimum atomic E-state index is -3.31.